The highest BCUT2D eigenvalue weighted by molar-refractivity contribution is 7.16. The number of carbonyl (C=O) groups is 2. The van der Waals surface area contributed by atoms with Crippen molar-refractivity contribution in [3.63, 3.8) is 0 Å². The molecular formula is C15H17N3O3S. The predicted molar refractivity (Wildman–Crippen MR) is 83.3 cm³/mol. The number of nitrogens with zero attached hydrogens (tertiary/aromatic N) is 2. The molecule has 116 valence electrons. The fourth-order valence-corrected chi connectivity index (χ4v) is 3.52. The third kappa shape index (κ3) is 2.89. The zero-order valence-corrected chi connectivity index (χ0v) is 13.1. The van der Waals surface area contributed by atoms with Gasteiger partial charge in [-0.05, 0) is 25.0 Å². The molecule has 0 bridgehead atoms. The van der Waals surface area contributed by atoms with E-state index >= 15 is 0 Å². The molecule has 0 atom stereocenters. The molecule has 3 rings (SSSR count). The lowest BCUT2D eigenvalue weighted by molar-refractivity contribution is 0.0606. The zero-order valence-electron chi connectivity index (χ0n) is 12.2. The lowest BCUT2D eigenvalue weighted by atomic mass is 10.2. The SMILES string of the molecule is COC(=O)c1ccc(C(=O)Nc2ccnn2C2CCCC2)s1. The molecule has 0 saturated heterocycles. The number of esters is 1. The molecule has 1 fully saturated rings. The first-order chi connectivity index (χ1) is 10.7. The van der Waals surface area contributed by atoms with E-state index in [1.165, 1.54) is 20.0 Å². The first-order valence-electron chi connectivity index (χ1n) is 7.22. The minimum absolute atomic E-state index is 0.236. The van der Waals surface area contributed by atoms with Gasteiger partial charge in [-0.2, -0.15) is 5.10 Å². The number of ether oxygens (including phenoxy) is 1. The highest BCUT2D eigenvalue weighted by Gasteiger charge is 2.21. The zero-order chi connectivity index (χ0) is 15.5. The fourth-order valence-electron chi connectivity index (χ4n) is 2.70. The van der Waals surface area contributed by atoms with Crippen molar-refractivity contribution in [3.05, 3.63) is 34.2 Å². The number of hydrogen-bond donors (Lipinski definition) is 1. The Hall–Kier alpha value is -2.15. The summed E-state index contributed by atoms with van der Waals surface area (Å²) in [5.41, 5.74) is 0. The van der Waals surface area contributed by atoms with Gasteiger partial charge in [0.25, 0.3) is 5.91 Å². The molecule has 1 amide bonds. The lowest BCUT2D eigenvalue weighted by Crippen LogP contribution is -2.16. The molecule has 7 heteroatoms. The van der Waals surface area contributed by atoms with Crippen molar-refractivity contribution in [2.75, 3.05) is 12.4 Å². The summed E-state index contributed by atoms with van der Waals surface area (Å²) in [4.78, 5) is 24.6. The number of nitrogens with one attached hydrogen (secondary N) is 1. The normalized spacial score (nSPS) is 15.0. The topological polar surface area (TPSA) is 73.2 Å². The number of amides is 1. The summed E-state index contributed by atoms with van der Waals surface area (Å²) in [5, 5.41) is 7.20. The van der Waals surface area contributed by atoms with Crippen LogP contribution in [0.15, 0.2) is 24.4 Å². The molecule has 0 spiro atoms. The van der Waals surface area contributed by atoms with Gasteiger partial charge in [0, 0.05) is 6.07 Å². The van der Waals surface area contributed by atoms with Crippen LogP contribution in [0, 0.1) is 0 Å². The number of carbonyl (C=O) groups excluding carboxylic acids is 2. The molecular weight excluding hydrogens is 302 g/mol. The number of thiophene rings is 1. The number of hydrogen-bond acceptors (Lipinski definition) is 5. The Kier molecular flexibility index (Phi) is 4.24. The summed E-state index contributed by atoms with van der Waals surface area (Å²) in [6.45, 7) is 0. The molecule has 1 aliphatic carbocycles. The fraction of sp³-hybridized carbons (Fsp3) is 0.400. The third-order valence-corrected chi connectivity index (χ3v) is 4.86. The van der Waals surface area contributed by atoms with Crippen LogP contribution in [0.1, 0.15) is 51.1 Å². The molecule has 0 aliphatic heterocycles. The van der Waals surface area contributed by atoms with E-state index < -0.39 is 5.97 Å². The summed E-state index contributed by atoms with van der Waals surface area (Å²) < 4.78 is 6.54. The third-order valence-electron chi connectivity index (χ3n) is 3.80. The molecule has 1 N–H and O–H groups in total. The van der Waals surface area contributed by atoms with E-state index in [-0.39, 0.29) is 5.91 Å². The first-order valence-corrected chi connectivity index (χ1v) is 8.03. The standard InChI is InChI=1S/C15H17N3O3S/c1-21-15(20)12-7-6-11(22-12)14(19)17-13-8-9-16-18(13)10-4-2-3-5-10/h6-10H,2-5H2,1H3,(H,17,19). The van der Waals surface area contributed by atoms with E-state index in [9.17, 15) is 9.59 Å². The monoisotopic (exact) mass is 319 g/mol. The highest BCUT2D eigenvalue weighted by Crippen LogP contribution is 2.31. The maximum atomic E-state index is 12.3. The predicted octanol–water partition coefficient (Wildman–Crippen LogP) is 3.10. The summed E-state index contributed by atoms with van der Waals surface area (Å²) in [6.07, 6.45) is 6.28. The van der Waals surface area contributed by atoms with Gasteiger partial charge >= 0.3 is 5.97 Å². The lowest BCUT2D eigenvalue weighted by Gasteiger charge is -2.14. The quantitative estimate of drug-likeness (QED) is 0.879. The minimum atomic E-state index is -0.431. The number of rotatable bonds is 4. The largest absolute Gasteiger partial charge is 0.465 e. The second-order valence-corrected chi connectivity index (χ2v) is 6.29. The smallest absolute Gasteiger partial charge is 0.348 e. The van der Waals surface area contributed by atoms with E-state index in [4.69, 9.17) is 0 Å². The maximum absolute atomic E-state index is 12.3. The van der Waals surface area contributed by atoms with E-state index in [1.54, 1.807) is 24.4 Å². The Labute approximate surface area is 132 Å². The van der Waals surface area contributed by atoms with Gasteiger partial charge in [-0.25, -0.2) is 9.48 Å². The average molecular weight is 319 g/mol. The van der Waals surface area contributed by atoms with Crippen LogP contribution in [-0.2, 0) is 4.74 Å². The van der Waals surface area contributed by atoms with Crippen LogP contribution in [0.25, 0.3) is 0 Å². The molecule has 2 heterocycles. The number of methoxy groups -OCH3 is 1. The van der Waals surface area contributed by atoms with Gasteiger partial charge in [0.05, 0.1) is 24.2 Å². The molecule has 0 aromatic carbocycles. The van der Waals surface area contributed by atoms with Crippen molar-refractivity contribution in [2.24, 2.45) is 0 Å². The molecule has 1 saturated carbocycles. The van der Waals surface area contributed by atoms with Crippen LogP contribution in [0.5, 0.6) is 0 Å². The van der Waals surface area contributed by atoms with Crippen molar-refractivity contribution in [1.29, 1.82) is 0 Å². The highest BCUT2D eigenvalue weighted by atomic mass is 32.1. The second-order valence-electron chi connectivity index (χ2n) is 5.21. The molecule has 1 aliphatic rings. The van der Waals surface area contributed by atoms with Crippen LogP contribution in [-0.4, -0.2) is 28.8 Å². The Bertz CT molecular complexity index is 686. The molecule has 0 radical (unpaired) electrons. The van der Waals surface area contributed by atoms with E-state index in [1.807, 2.05) is 4.68 Å². The number of anilines is 1. The molecule has 2 aromatic heterocycles. The van der Waals surface area contributed by atoms with Crippen molar-refractivity contribution < 1.29 is 14.3 Å². The van der Waals surface area contributed by atoms with Gasteiger partial charge in [-0.15, -0.1) is 11.3 Å². The van der Waals surface area contributed by atoms with Crippen molar-refractivity contribution in [2.45, 2.75) is 31.7 Å². The van der Waals surface area contributed by atoms with Gasteiger partial charge in [-0.1, -0.05) is 12.8 Å². The Morgan fingerprint density at radius 3 is 2.73 bits per heavy atom. The van der Waals surface area contributed by atoms with Crippen molar-refractivity contribution in [3.8, 4) is 0 Å². The van der Waals surface area contributed by atoms with Crippen LogP contribution in [0.4, 0.5) is 5.82 Å². The molecule has 0 unspecified atom stereocenters. The van der Waals surface area contributed by atoms with Crippen LogP contribution in [0.3, 0.4) is 0 Å². The van der Waals surface area contributed by atoms with Gasteiger partial charge in [-0.3, -0.25) is 4.79 Å². The van der Waals surface area contributed by atoms with E-state index in [0.717, 1.165) is 24.2 Å². The summed E-state index contributed by atoms with van der Waals surface area (Å²) >= 11 is 1.12. The number of aromatic nitrogens is 2. The summed E-state index contributed by atoms with van der Waals surface area (Å²) in [7, 11) is 1.32. The van der Waals surface area contributed by atoms with Crippen molar-refractivity contribution >= 4 is 29.0 Å². The second kappa shape index (κ2) is 6.31. The van der Waals surface area contributed by atoms with E-state index in [0.29, 0.717) is 21.6 Å². The Balaban J connectivity index is 1.73. The average Bonchev–Trinajstić information content (AvgIpc) is 3.25. The van der Waals surface area contributed by atoms with Crippen LogP contribution in [0.2, 0.25) is 0 Å². The molecule has 2 aromatic rings. The Morgan fingerprint density at radius 1 is 1.27 bits per heavy atom. The minimum Gasteiger partial charge on any atom is -0.465 e. The van der Waals surface area contributed by atoms with Gasteiger partial charge in [0.15, 0.2) is 0 Å². The van der Waals surface area contributed by atoms with Gasteiger partial charge in [0.1, 0.15) is 10.7 Å². The van der Waals surface area contributed by atoms with E-state index in [2.05, 4.69) is 15.2 Å². The molecule has 6 nitrogen and oxygen atoms in total. The van der Waals surface area contributed by atoms with Crippen LogP contribution < -0.4 is 5.32 Å². The Morgan fingerprint density at radius 2 is 2.00 bits per heavy atom. The van der Waals surface area contributed by atoms with Crippen molar-refractivity contribution in [1.82, 2.24) is 9.78 Å². The summed E-state index contributed by atoms with van der Waals surface area (Å²) in [6, 6.07) is 5.38. The van der Waals surface area contributed by atoms with Gasteiger partial charge < -0.3 is 10.1 Å². The molecule has 22 heavy (non-hydrogen) atoms. The summed E-state index contributed by atoms with van der Waals surface area (Å²) in [5.74, 6) is 0.0323. The first kappa shape index (κ1) is 14.8. The maximum Gasteiger partial charge on any atom is 0.348 e. The van der Waals surface area contributed by atoms with Gasteiger partial charge in [0.2, 0.25) is 0 Å². The van der Waals surface area contributed by atoms with Crippen LogP contribution >= 0.6 is 11.3 Å².